The number of sulfone groups is 1. The quantitative estimate of drug-likeness (QED) is 0.287. The summed E-state index contributed by atoms with van der Waals surface area (Å²) in [6.07, 6.45) is 3.14. The molecule has 0 N–H and O–H groups in total. The highest BCUT2D eigenvalue weighted by Gasteiger charge is 2.20. The Balaban J connectivity index is 1.95. The number of halogens is 1. The molecule has 0 saturated carbocycles. The Morgan fingerprint density at radius 1 is 1.25 bits per heavy atom. The van der Waals surface area contributed by atoms with Gasteiger partial charge in [-0.2, -0.15) is 0 Å². The van der Waals surface area contributed by atoms with Crippen molar-refractivity contribution in [2.24, 2.45) is 0 Å². The molecular weight excluding hydrogens is 491 g/mol. The number of methoxy groups -OCH3 is 1. The number of rotatable bonds is 6. The fraction of sp³-hybridized carbons (Fsp3) is 0.300. The van der Waals surface area contributed by atoms with E-state index < -0.39 is 9.84 Å². The molecule has 0 saturated heterocycles. The molecule has 0 aliphatic rings. The van der Waals surface area contributed by atoms with Crippen LogP contribution < -0.4 is 0 Å². The van der Waals surface area contributed by atoms with Crippen LogP contribution in [0.2, 0.25) is 0 Å². The number of nitrogens with zero attached hydrogens (tertiary/aromatic N) is 2. The lowest BCUT2D eigenvalue weighted by Gasteiger charge is -2.15. The second kappa shape index (κ2) is 8.20. The maximum absolute atomic E-state index is 11.8. The predicted molar refractivity (Wildman–Crippen MR) is 117 cm³/mol. The minimum atomic E-state index is -3.21. The molecule has 3 rings (SSSR count). The molecule has 1 unspecified atom stereocenters. The summed E-state index contributed by atoms with van der Waals surface area (Å²) in [4.78, 5) is 16.7. The molecule has 148 valence electrons. The molecule has 3 aromatic rings. The van der Waals surface area contributed by atoms with Gasteiger partial charge >= 0.3 is 5.97 Å². The Bertz CT molecular complexity index is 1120. The SMILES string of the molecule is COC(=O)Cc1c(C)n(CC(I)c2ccc(S(C)(=O)=O)cc2)c2ncccc12. The first kappa shape index (κ1) is 20.8. The maximum atomic E-state index is 11.8. The van der Waals surface area contributed by atoms with Crippen molar-refractivity contribution in [3.8, 4) is 0 Å². The molecule has 6 nitrogen and oxygen atoms in total. The summed E-state index contributed by atoms with van der Waals surface area (Å²) in [5, 5.41) is 0.946. The van der Waals surface area contributed by atoms with Gasteiger partial charge in [0, 0.05) is 30.1 Å². The molecule has 28 heavy (non-hydrogen) atoms. The van der Waals surface area contributed by atoms with E-state index in [1.165, 1.54) is 13.4 Å². The van der Waals surface area contributed by atoms with Crippen LogP contribution in [-0.2, 0) is 32.3 Å². The summed E-state index contributed by atoms with van der Waals surface area (Å²) in [5.41, 5.74) is 3.76. The molecule has 0 aliphatic carbocycles. The van der Waals surface area contributed by atoms with Crippen LogP contribution in [0.4, 0.5) is 0 Å². The van der Waals surface area contributed by atoms with Gasteiger partial charge in [-0.1, -0.05) is 34.7 Å². The number of pyridine rings is 1. The zero-order valence-electron chi connectivity index (χ0n) is 15.8. The van der Waals surface area contributed by atoms with E-state index in [-0.39, 0.29) is 16.3 Å². The molecule has 0 fully saturated rings. The molecule has 0 aliphatic heterocycles. The van der Waals surface area contributed by atoms with Gasteiger partial charge in [0.1, 0.15) is 5.65 Å². The van der Waals surface area contributed by atoms with Crippen molar-refractivity contribution >= 4 is 49.4 Å². The fourth-order valence-electron chi connectivity index (χ4n) is 3.22. The molecule has 1 aromatic carbocycles. The first-order chi connectivity index (χ1) is 13.2. The predicted octanol–water partition coefficient (Wildman–Crippen LogP) is 3.64. The minimum Gasteiger partial charge on any atom is -0.469 e. The van der Waals surface area contributed by atoms with Gasteiger partial charge in [-0.25, -0.2) is 13.4 Å². The number of hydrogen-bond acceptors (Lipinski definition) is 5. The Hall–Kier alpha value is -1.94. The van der Waals surface area contributed by atoms with Gasteiger partial charge in [0.05, 0.1) is 22.4 Å². The van der Waals surface area contributed by atoms with Crippen molar-refractivity contribution in [2.75, 3.05) is 13.4 Å². The molecule has 0 spiro atoms. The Labute approximate surface area is 178 Å². The van der Waals surface area contributed by atoms with Crippen LogP contribution in [0.25, 0.3) is 11.0 Å². The summed E-state index contributed by atoms with van der Waals surface area (Å²) in [5.74, 6) is -0.284. The number of benzene rings is 1. The third kappa shape index (κ3) is 4.22. The van der Waals surface area contributed by atoms with Crippen molar-refractivity contribution in [1.29, 1.82) is 0 Å². The third-order valence-corrected chi connectivity index (χ3v) is 7.01. The Morgan fingerprint density at radius 3 is 2.54 bits per heavy atom. The molecule has 2 aromatic heterocycles. The fourth-order valence-corrected chi connectivity index (χ4v) is 4.66. The van der Waals surface area contributed by atoms with E-state index in [1.807, 2.05) is 31.2 Å². The average Bonchev–Trinajstić information content (AvgIpc) is 2.93. The number of alkyl halides is 1. The molecule has 0 radical (unpaired) electrons. The zero-order valence-corrected chi connectivity index (χ0v) is 18.8. The zero-order chi connectivity index (χ0) is 20.5. The lowest BCUT2D eigenvalue weighted by Crippen LogP contribution is -2.09. The van der Waals surface area contributed by atoms with Crippen LogP contribution in [-0.4, -0.2) is 37.3 Å². The number of carbonyl (C=O) groups excluding carboxylic acids is 1. The van der Waals surface area contributed by atoms with Gasteiger partial charge in [0.2, 0.25) is 0 Å². The number of aromatic nitrogens is 2. The van der Waals surface area contributed by atoms with Crippen molar-refractivity contribution in [2.45, 2.75) is 28.7 Å². The van der Waals surface area contributed by atoms with E-state index in [4.69, 9.17) is 4.74 Å². The number of carbonyl (C=O) groups is 1. The second-order valence-corrected chi connectivity index (χ2v) is 10.1. The van der Waals surface area contributed by atoms with E-state index in [0.29, 0.717) is 11.4 Å². The normalized spacial score (nSPS) is 12.9. The molecular formula is C20H21IN2O4S. The van der Waals surface area contributed by atoms with Crippen LogP contribution in [0.5, 0.6) is 0 Å². The number of ether oxygens (including phenoxy) is 1. The molecule has 0 bridgehead atoms. The van der Waals surface area contributed by atoms with Crippen LogP contribution in [0, 0.1) is 6.92 Å². The van der Waals surface area contributed by atoms with Gasteiger partial charge in [-0.3, -0.25) is 4.79 Å². The van der Waals surface area contributed by atoms with Gasteiger partial charge in [0.25, 0.3) is 0 Å². The van der Waals surface area contributed by atoms with E-state index >= 15 is 0 Å². The van der Waals surface area contributed by atoms with Crippen LogP contribution in [0.1, 0.15) is 20.7 Å². The van der Waals surface area contributed by atoms with Crippen molar-refractivity contribution < 1.29 is 17.9 Å². The first-order valence-corrected chi connectivity index (χ1v) is 11.8. The Kier molecular flexibility index (Phi) is 6.09. The summed E-state index contributed by atoms with van der Waals surface area (Å²) >= 11 is 2.35. The van der Waals surface area contributed by atoms with Crippen LogP contribution in [0.3, 0.4) is 0 Å². The number of hydrogen-bond donors (Lipinski definition) is 0. The molecule has 8 heteroatoms. The van der Waals surface area contributed by atoms with Gasteiger partial charge in [0.15, 0.2) is 9.84 Å². The van der Waals surface area contributed by atoms with Crippen molar-refractivity contribution in [3.63, 3.8) is 0 Å². The summed E-state index contributed by atoms with van der Waals surface area (Å²) < 4.78 is 30.4. The molecule has 1 atom stereocenters. The van der Waals surface area contributed by atoms with Gasteiger partial charge < -0.3 is 9.30 Å². The maximum Gasteiger partial charge on any atom is 0.310 e. The minimum absolute atomic E-state index is 0.105. The number of esters is 1. The van der Waals surface area contributed by atoms with Crippen molar-refractivity contribution in [3.05, 3.63) is 59.4 Å². The average molecular weight is 512 g/mol. The first-order valence-electron chi connectivity index (χ1n) is 8.66. The third-order valence-electron chi connectivity index (χ3n) is 4.77. The monoisotopic (exact) mass is 512 g/mol. The van der Waals surface area contributed by atoms with Gasteiger partial charge in [-0.15, -0.1) is 0 Å². The van der Waals surface area contributed by atoms with E-state index in [9.17, 15) is 13.2 Å². The highest BCUT2D eigenvalue weighted by Crippen LogP contribution is 2.31. The summed E-state index contributed by atoms with van der Waals surface area (Å²) in [6, 6.07) is 10.8. The Morgan fingerprint density at radius 2 is 1.93 bits per heavy atom. The summed E-state index contributed by atoms with van der Waals surface area (Å²) in [6.45, 7) is 2.63. The highest BCUT2D eigenvalue weighted by molar-refractivity contribution is 14.1. The lowest BCUT2D eigenvalue weighted by molar-refractivity contribution is -0.139. The number of fused-ring (bicyclic) bond motifs is 1. The van der Waals surface area contributed by atoms with Gasteiger partial charge in [-0.05, 0) is 42.3 Å². The highest BCUT2D eigenvalue weighted by atomic mass is 127. The molecule has 0 amide bonds. The topological polar surface area (TPSA) is 78.3 Å². The van der Waals surface area contributed by atoms with E-state index in [2.05, 4.69) is 32.1 Å². The standard InChI is InChI=1S/C20H21IN2O4S/c1-13-17(11-19(24)27-2)16-5-4-10-22-20(16)23(13)12-18(21)14-6-8-15(9-7-14)28(3,25)26/h4-10,18H,11-12H2,1-3H3. The molecule has 2 heterocycles. The van der Waals surface area contributed by atoms with Crippen LogP contribution >= 0.6 is 22.6 Å². The second-order valence-electron chi connectivity index (χ2n) is 6.61. The summed E-state index contributed by atoms with van der Waals surface area (Å²) in [7, 11) is -1.83. The lowest BCUT2D eigenvalue weighted by atomic mass is 10.1. The van der Waals surface area contributed by atoms with Crippen molar-refractivity contribution in [1.82, 2.24) is 9.55 Å². The van der Waals surface area contributed by atoms with E-state index in [0.717, 1.165) is 27.9 Å². The van der Waals surface area contributed by atoms with E-state index in [1.54, 1.807) is 18.3 Å². The van der Waals surface area contributed by atoms with Crippen LogP contribution in [0.15, 0.2) is 47.5 Å². The smallest absolute Gasteiger partial charge is 0.310 e. The largest absolute Gasteiger partial charge is 0.469 e.